The molecule has 80 valence electrons. The van der Waals surface area contributed by atoms with E-state index in [1.807, 2.05) is 36.4 Å². The van der Waals surface area contributed by atoms with Gasteiger partial charge in [0.15, 0.2) is 6.20 Å². The summed E-state index contributed by atoms with van der Waals surface area (Å²) in [5.74, 6) is 0. The molecule has 2 aromatic heterocycles. The Balaban J connectivity index is 0.000000963. The summed E-state index contributed by atoms with van der Waals surface area (Å²) >= 11 is 0. The van der Waals surface area contributed by atoms with Gasteiger partial charge < -0.3 is 5.73 Å². The molecule has 0 radical (unpaired) electrons. The lowest BCUT2D eigenvalue weighted by Gasteiger charge is -1.99. The fourth-order valence-electron chi connectivity index (χ4n) is 1.96. The number of anilines is 1. The average molecular weight is 232 g/mol. The van der Waals surface area contributed by atoms with Crippen molar-refractivity contribution in [2.45, 2.75) is 0 Å². The van der Waals surface area contributed by atoms with E-state index in [0.29, 0.717) is 0 Å². The molecule has 0 fully saturated rings. The number of pyridine rings is 2. The monoisotopic (exact) mass is 231 g/mol. The number of hydrogen-bond donors (Lipinski definition) is 1. The molecule has 0 unspecified atom stereocenters. The molecule has 0 bridgehead atoms. The summed E-state index contributed by atoms with van der Waals surface area (Å²) in [6, 6.07) is 16.3. The molecular weight excluding hydrogens is 220 g/mol. The van der Waals surface area contributed by atoms with E-state index in [1.165, 1.54) is 0 Å². The van der Waals surface area contributed by atoms with Crippen molar-refractivity contribution in [2.24, 2.45) is 0 Å². The van der Waals surface area contributed by atoms with Gasteiger partial charge in [0.25, 0.3) is 0 Å². The zero-order valence-corrected chi connectivity index (χ0v) is 9.45. The molecule has 0 spiro atoms. The number of aromatic nitrogens is 1. The average Bonchev–Trinajstić information content (AvgIpc) is 2.30. The van der Waals surface area contributed by atoms with E-state index in [9.17, 15) is 0 Å². The van der Waals surface area contributed by atoms with Gasteiger partial charge in [0.1, 0.15) is 0 Å². The molecule has 0 aliphatic carbocycles. The van der Waals surface area contributed by atoms with Gasteiger partial charge in [0, 0.05) is 24.3 Å². The van der Waals surface area contributed by atoms with E-state index in [-0.39, 0.29) is 12.4 Å². The molecule has 0 atom stereocenters. The molecule has 0 amide bonds. The van der Waals surface area contributed by atoms with Crippen LogP contribution < -0.4 is 10.1 Å². The van der Waals surface area contributed by atoms with Gasteiger partial charge in [-0.15, -0.1) is 12.4 Å². The maximum absolute atomic E-state index is 6.01. The lowest BCUT2D eigenvalue weighted by atomic mass is 10.1. The first-order valence-corrected chi connectivity index (χ1v) is 4.94. The van der Waals surface area contributed by atoms with Gasteiger partial charge in [-0.1, -0.05) is 12.1 Å². The number of nitrogens with two attached hydrogens (primary N) is 1. The van der Waals surface area contributed by atoms with Gasteiger partial charge in [0.05, 0.1) is 11.1 Å². The zero-order valence-electron chi connectivity index (χ0n) is 8.63. The zero-order chi connectivity index (χ0) is 10.3. The molecule has 1 aromatic carbocycles. The third-order valence-corrected chi connectivity index (χ3v) is 2.67. The molecule has 0 aliphatic heterocycles. The van der Waals surface area contributed by atoms with Crippen molar-refractivity contribution in [2.75, 3.05) is 5.73 Å². The van der Waals surface area contributed by atoms with Crippen LogP contribution in [0.2, 0.25) is 0 Å². The second-order valence-electron chi connectivity index (χ2n) is 3.61. The van der Waals surface area contributed by atoms with Crippen LogP contribution in [0.15, 0.2) is 54.7 Å². The minimum atomic E-state index is 0. The maximum atomic E-state index is 6.01. The van der Waals surface area contributed by atoms with E-state index in [2.05, 4.69) is 22.7 Å². The smallest absolute Gasteiger partial charge is 0.220 e. The van der Waals surface area contributed by atoms with Crippen LogP contribution >= 0.6 is 12.4 Å². The first-order valence-electron chi connectivity index (χ1n) is 4.94. The molecule has 2 nitrogen and oxygen atoms in total. The molecular formula is C13H12ClN2+. The Kier molecular flexibility index (Phi) is 2.67. The second kappa shape index (κ2) is 3.99. The molecule has 16 heavy (non-hydrogen) atoms. The first-order chi connectivity index (χ1) is 7.36. The molecule has 0 saturated carbocycles. The predicted molar refractivity (Wildman–Crippen MR) is 68.8 cm³/mol. The molecule has 2 N–H and O–H groups in total. The third-order valence-electron chi connectivity index (χ3n) is 2.67. The second-order valence-corrected chi connectivity index (χ2v) is 3.61. The fraction of sp³-hybridized carbons (Fsp3) is 0. The van der Waals surface area contributed by atoms with Gasteiger partial charge in [-0.05, 0) is 12.1 Å². The van der Waals surface area contributed by atoms with Crippen molar-refractivity contribution in [3.8, 4) is 0 Å². The van der Waals surface area contributed by atoms with Crippen LogP contribution in [0, 0.1) is 0 Å². The van der Waals surface area contributed by atoms with Crippen molar-refractivity contribution in [1.29, 1.82) is 0 Å². The van der Waals surface area contributed by atoms with Gasteiger partial charge in [-0.3, -0.25) is 0 Å². The van der Waals surface area contributed by atoms with Gasteiger partial charge in [-0.25, -0.2) is 0 Å². The van der Waals surface area contributed by atoms with Crippen molar-refractivity contribution < 1.29 is 4.40 Å². The number of nitrogen functional groups attached to an aromatic ring is 1. The quantitative estimate of drug-likeness (QED) is 0.468. The highest BCUT2D eigenvalue weighted by atomic mass is 35.5. The minimum absolute atomic E-state index is 0. The Hall–Kier alpha value is -1.80. The minimum Gasteiger partial charge on any atom is -0.398 e. The lowest BCUT2D eigenvalue weighted by molar-refractivity contribution is -0.481. The van der Waals surface area contributed by atoms with Crippen molar-refractivity contribution >= 4 is 34.5 Å². The highest BCUT2D eigenvalue weighted by Gasteiger charge is 2.09. The summed E-state index contributed by atoms with van der Waals surface area (Å²) in [6.07, 6.45) is 2.05. The molecule has 3 aromatic rings. The number of rotatable bonds is 0. The number of fused-ring (bicyclic) bond motifs is 3. The number of nitrogens with zero attached hydrogens (tertiary/aromatic N) is 1. The fourth-order valence-corrected chi connectivity index (χ4v) is 1.96. The van der Waals surface area contributed by atoms with Crippen LogP contribution in [0.3, 0.4) is 0 Å². The summed E-state index contributed by atoms with van der Waals surface area (Å²) in [5, 5.41) is 1.10. The largest absolute Gasteiger partial charge is 0.398 e. The van der Waals surface area contributed by atoms with E-state index in [0.717, 1.165) is 22.1 Å². The topological polar surface area (TPSA) is 30.1 Å². The SMILES string of the molecule is Cl.Nc1cc2cccc[n+]2c2ccccc12. The lowest BCUT2D eigenvalue weighted by Crippen LogP contribution is -2.22. The van der Waals surface area contributed by atoms with Gasteiger partial charge in [-0.2, -0.15) is 4.40 Å². The molecule has 3 rings (SSSR count). The number of halogens is 1. The van der Waals surface area contributed by atoms with E-state index >= 15 is 0 Å². The van der Waals surface area contributed by atoms with Crippen LogP contribution in [0.1, 0.15) is 0 Å². The van der Waals surface area contributed by atoms with Crippen LogP contribution in [0.4, 0.5) is 5.69 Å². The number of hydrogen-bond acceptors (Lipinski definition) is 1. The van der Waals surface area contributed by atoms with E-state index in [1.54, 1.807) is 0 Å². The van der Waals surface area contributed by atoms with E-state index in [4.69, 9.17) is 5.73 Å². The normalized spacial score (nSPS) is 10.2. The van der Waals surface area contributed by atoms with Crippen LogP contribution in [-0.4, -0.2) is 0 Å². The van der Waals surface area contributed by atoms with Crippen molar-refractivity contribution in [3.63, 3.8) is 0 Å². The number of para-hydroxylation sites is 1. The predicted octanol–water partition coefficient (Wildman–Crippen LogP) is 2.58. The molecule has 0 aliphatic rings. The Labute approximate surface area is 99.7 Å². The van der Waals surface area contributed by atoms with Crippen LogP contribution in [0.25, 0.3) is 16.4 Å². The highest BCUT2D eigenvalue weighted by molar-refractivity contribution is 5.89. The summed E-state index contributed by atoms with van der Waals surface area (Å²) in [7, 11) is 0. The molecule has 3 heteroatoms. The third kappa shape index (κ3) is 1.48. The van der Waals surface area contributed by atoms with Crippen LogP contribution in [0.5, 0.6) is 0 Å². The van der Waals surface area contributed by atoms with Crippen molar-refractivity contribution in [1.82, 2.24) is 0 Å². The summed E-state index contributed by atoms with van der Waals surface area (Å²) in [4.78, 5) is 0. The van der Waals surface area contributed by atoms with Crippen LogP contribution in [-0.2, 0) is 0 Å². The maximum Gasteiger partial charge on any atom is 0.220 e. The van der Waals surface area contributed by atoms with Gasteiger partial charge in [0.2, 0.25) is 11.0 Å². The standard InChI is InChI=1S/C13H10N2.ClH/c14-12-9-10-5-3-4-8-15(10)13-7-2-1-6-11(12)13;/h1-9,14H;1H/p+1. The Morgan fingerprint density at radius 3 is 2.56 bits per heavy atom. The Morgan fingerprint density at radius 1 is 0.938 bits per heavy atom. The summed E-state index contributed by atoms with van der Waals surface area (Å²) < 4.78 is 2.14. The molecule has 0 saturated heterocycles. The number of benzene rings is 1. The Bertz CT molecular complexity index is 650. The van der Waals surface area contributed by atoms with E-state index < -0.39 is 0 Å². The summed E-state index contributed by atoms with van der Waals surface area (Å²) in [5.41, 5.74) is 9.10. The molecule has 2 heterocycles. The summed E-state index contributed by atoms with van der Waals surface area (Å²) in [6.45, 7) is 0. The van der Waals surface area contributed by atoms with Crippen molar-refractivity contribution in [3.05, 3.63) is 54.7 Å². The first kappa shape index (κ1) is 10.7. The van der Waals surface area contributed by atoms with Gasteiger partial charge >= 0.3 is 0 Å². The highest BCUT2D eigenvalue weighted by Crippen LogP contribution is 2.18. The Morgan fingerprint density at radius 2 is 1.69 bits per heavy atom.